The highest BCUT2D eigenvalue weighted by atomic mass is 32.2. The summed E-state index contributed by atoms with van der Waals surface area (Å²) in [6.45, 7) is 0. The van der Waals surface area contributed by atoms with Crippen molar-refractivity contribution in [2.45, 2.75) is 18.0 Å². The molecule has 2 aromatic carbocycles. The Kier molecular flexibility index (Phi) is 5.76. The van der Waals surface area contributed by atoms with Gasteiger partial charge in [0.15, 0.2) is 5.16 Å². The van der Waals surface area contributed by atoms with Crippen molar-refractivity contribution in [1.29, 1.82) is 5.26 Å². The van der Waals surface area contributed by atoms with Crippen molar-refractivity contribution in [2.75, 3.05) is 12.9 Å². The second-order valence-electron chi connectivity index (χ2n) is 5.41. The highest BCUT2D eigenvalue weighted by Gasteiger charge is 2.16. The number of para-hydroxylation sites is 2. The lowest BCUT2D eigenvalue weighted by atomic mass is 10.1. The monoisotopic (exact) mass is 349 g/mol. The molecule has 0 saturated carbocycles. The predicted octanol–water partition coefficient (Wildman–Crippen LogP) is 4.94. The highest BCUT2D eigenvalue weighted by molar-refractivity contribution is 7.99. The molecule has 1 aromatic heterocycles. The average Bonchev–Trinajstić information content (AvgIpc) is 3.09. The largest absolute Gasteiger partial charge is 0.495 e. The van der Waals surface area contributed by atoms with Crippen molar-refractivity contribution in [3.05, 3.63) is 60.8 Å². The molecule has 0 atom stereocenters. The summed E-state index contributed by atoms with van der Waals surface area (Å²) in [4.78, 5) is 4.63. The van der Waals surface area contributed by atoms with Crippen LogP contribution >= 0.6 is 11.8 Å². The summed E-state index contributed by atoms with van der Waals surface area (Å²) in [5.41, 5.74) is 3.09. The first kappa shape index (κ1) is 17.1. The molecule has 0 amide bonds. The zero-order valence-electron chi connectivity index (χ0n) is 14.1. The van der Waals surface area contributed by atoms with Crippen molar-refractivity contribution >= 4 is 11.8 Å². The van der Waals surface area contributed by atoms with Crippen LogP contribution in [0.5, 0.6) is 5.75 Å². The van der Waals surface area contributed by atoms with Gasteiger partial charge >= 0.3 is 0 Å². The SMILES string of the molecule is COc1ccccc1-n1c(-c2ccccc2)cnc1SCCCC#N. The Morgan fingerprint density at radius 2 is 1.88 bits per heavy atom. The summed E-state index contributed by atoms with van der Waals surface area (Å²) in [5.74, 6) is 1.66. The number of benzene rings is 2. The second-order valence-corrected chi connectivity index (χ2v) is 6.47. The number of thioether (sulfide) groups is 1. The van der Waals surface area contributed by atoms with E-state index in [1.54, 1.807) is 18.9 Å². The molecule has 0 unspecified atom stereocenters. The summed E-state index contributed by atoms with van der Waals surface area (Å²) < 4.78 is 7.69. The molecule has 0 aliphatic carbocycles. The van der Waals surface area contributed by atoms with E-state index in [9.17, 15) is 0 Å². The van der Waals surface area contributed by atoms with Crippen LogP contribution in [-0.4, -0.2) is 22.4 Å². The maximum Gasteiger partial charge on any atom is 0.173 e. The third-order valence-corrected chi connectivity index (χ3v) is 4.83. The van der Waals surface area contributed by atoms with E-state index in [-0.39, 0.29) is 0 Å². The van der Waals surface area contributed by atoms with Gasteiger partial charge in [-0.05, 0) is 18.6 Å². The van der Waals surface area contributed by atoms with Crippen molar-refractivity contribution in [3.63, 3.8) is 0 Å². The fourth-order valence-electron chi connectivity index (χ4n) is 2.61. The fraction of sp³-hybridized carbons (Fsp3) is 0.200. The standard InChI is InChI=1S/C20H19N3OS/c1-24-19-12-6-5-11-17(19)23-18(16-9-3-2-4-10-16)15-22-20(23)25-14-8-7-13-21/h2-6,9-12,15H,7-8,14H2,1H3. The summed E-state index contributed by atoms with van der Waals surface area (Å²) in [6.07, 6.45) is 3.31. The first-order valence-corrected chi connectivity index (χ1v) is 9.10. The van der Waals surface area contributed by atoms with Crippen LogP contribution in [0, 0.1) is 11.3 Å². The number of hydrogen-bond donors (Lipinski definition) is 0. The van der Waals surface area contributed by atoms with Crippen molar-refractivity contribution in [1.82, 2.24) is 9.55 Å². The topological polar surface area (TPSA) is 50.8 Å². The van der Waals surface area contributed by atoms with Crippen LogP contribution in [0.2, 0.25) is 0 Å². The third-order valence-electron chi connectivity index (χ3n) is 3.79. The number of imidazole rings is 1. The lowest BCUT2D eigenvalue weighted by Gasteiger charge is -2.15. The number of nitrogens with zero attached hydrogens (tertiary/aromatic N) is 3. The number of methoxy groups -OCH3 is 1. The van der Waals surface area contributed by atoms with Gasteiger partial charge in [-0.2, -0.15) is 5.26 Å². The quantitative estimate of drug-likeness (QED) is 0.448. The average molecular weight is 349 g/mol. The number of aromatic nitrogens is 2. The van der Waals surface area contributed by atoms with Crippen molar-refractivity contribution in [3.8, 4) is 28.8 Å². The van der Waals surface area contributed by atoms with Crippen LogP contribution in [0.4, 0.5) is 0 Å². The number of rotatable bonds is 7. The minimum atomic E-state index is 0.563. The molecule has 0 bridgehead atoms. The molecule has 0 aliphatic heterocycles. The summed E-state index contributed by atoms with van der Waals surface area (Å²) in [6, 6.07) is 20.3. The maximum absolute atomic E-state index is 8.72. The minimum Gasteiger partial charge on any atom is -0.495 e. The van der Waals surface area contributed by atoms with E-state index >= 15 is 0 Å². The van der Waals surface area contributed by atoms with Gasteiger partial charge in [0.05, 0.1) is 30.8 Å². The third kappa shape index (κ3) is 3.86. The Morgan fingerprint density at radius 1 is 1.12 bits per heavy atom. The van der Waals surface area contributed by atoms with Crippen LogP contribution in [0.25, 0.3) is 16.9 Å². The molecule has 0 radical (unpaired) electrons. The zero-order valence-corrected chi connectivity index (χ0v) is 14.9. The lowest BCUT2D eigenvalue weighted by Crippen LogP contribution is -2.02. The Hall–Kier alpha value is -2.71. The van der Waals surface area contributed by atoms with Gasteiger partial charge in [-0.3, -0.25) is 4.57 Å². The molecule has 0 N–H and O–H groups in total. The van der Waals surface area contributed by atoms with Crippen LogP contribution in [-0.2, 0) is 0 Å². The molecule has 1 heterocycles. The fourth-order valence-corrected chi connectivity index (χ4v) is 3.54. The second kappa shape index (κ2) is 8.41. The first-order chi connectivity index (χ1) is 12.3. The summed E-state index contributed by atoms with van der Waals surface area (Å²) >= 11 is 1.66. The molecular formula is C20H19N3OS. The number of ether oxygens (including phenoxy) is 1. The first-order valence-electron chi connectivity index (χ1n) is 8.11. The summed E-state index contributed by atoms with van der Waals surface area (Å²) in [7, 11) is 1.68. The smallest absolute Gasteiger partial charge is 0.173 e. The molecule has 3 aromatic rings. The van der Waals surface area contributed by atoms with Crippen LogP contribution in [0.3, 0.4) is 0 Å². The molecular weight excluding hydrogens is 330 g/mol. The van der Waals surface area contributed by atoms with E-state index in [0.29, 0.717) is 6.42 Å². The van der Waals surface area contributed by atoms with Gasteiger partial charge in [0.1, 0.15) is 5.75 Å². The normalized spacial score (nSPS) is 10.4. The van der Waals surface area contributed by atoms with E-state index in [1.807, 2.05) is 48.7 Å². The molecule has 5 heteroatoms. The number of nitriles is 1. The summed E-state index contributed by atoms with van der Waals surface area (Å²) in [5, 5.41) is 9.62. The van der Waals surface area contributed by atoms with Gasteiger partial charge in [-0.1, -0.05) is 54.2 Å². The highest BCUT2D eigenvalue weighted by Crippen LogP contribution is 2.33. The Morgan fingerprint density at radius 3 is 2.64 bits per heavy atom. The van der Waals surface area contributed by atoms with Crippen LogP contribution < -0.4 is 4.74 Å². The van der Waals surface area contributed by atoms with Gasteiger partial charge in [-0.25, -0.2) is 4.98 Å². The molecule has 0 aliphatic rings. The molecule has 126 valence electrons. The lowest BCUT2D eigenvalue weighted by molar-refractivity contribution is 0.412. The number of unbranched alkanes of at least 4 members (excludes halogenated alkanes) is 1. The zero-order chi connectivity index (χ0) is 17.5. The predicted molar refractivity (Wildman–Crippen MR) is 101 cm³/mol. The van der Waals surface area contributed by atoms with Crippen LogP contribution in [0.15, 0.2) is 66.0 Å². The van der Waals surface area contributed by atoms with E-state index in [2.05, 4.69) is 27.8 Å². The van der Waals surface area contributed by atoms with Gasteiger partial charge in [0.25, 0.3) is 0 Å². The molecule has 0 fully saturated rings. The van der Waals surface area contributed by atoms with Gasteiger partial charge in [0.2, 0.25) is 0 Å². The maximum atomic E-state index is 8.72. The Balaban J connectivity index is 2.05. The molecule has 25 heavy (non-hydrogen) atoms. The van der Waals surface area contributed by atoms with Gasteiger partial charge < -0.3 is 4.74 Å². The Bertz CT molecular complexity index is 868. The molecule has 3 rings (SSSR count). The molecule has 4 nitrogen and oxygen atoms in total. The van der Waals surface area contributed by atoms with E-state index in [4.69, 9.17) is 10.00 Å². The van der Waals surface area contributed by atoms with E-state index < -0.39 is 0 Å². The van der Waals surface area contributed by atoms with E-state index in [0.717, 1.165) is 40.0 Å². The number of hydrogen-bond acceptors (Lipinski definition) is 4. The minimum absolute atomic E-state index is 0.563. The van der Waals surface area contributed by atoms with Crippen molar-refractivity contribution in [2.24, 2.45) is 0 Å². The van der Waals surface area contributed by atoms with Gasteiger partial charge in [-0.15, -0.1) is 0 Å². The van der Waals surface area contributed by atoms with E-state index in [1.165, 1.54) is 0 Å². The molecule has 0 saturated heterocycles. The van der Waals surface area contributed by atoms with Crippen molar-refractivity contribution < 1.29 is 4.74 Å². The van der Waals surface area contributed by atoms with Crippen LogP contribution in [0.1, 0.15) is 12.8 Å². The molecule has 0 spiro atoms. The van der Waals surface area contributed by atoms with Gasteiger partial charge in [0, 0.05) is 17.7 Å². The Labute approximate surface area is 152 Å².